The molecule has 0 bridgehead atoms. The van der Waals surface area contributed by atoms with Gasteiger partial charge in [-0.25, -0.2) is 4.98 Å². The number of halogens is 1. The van der Waals surface area contributed by atoms with Gasteiger partial charge in [0.2, 0.25) is 5.91 Å². The van der Waals surface area contributed by atoms with Crippen LogP contribution in [0.1, 0.15) is 30.0 Å². The van der Waals surface area contributed by atoms with E-state index >= 15 is 0 Å². The van der Waals surface area contributed by atoms with Crippen molar-refractivity contribution in [3.8, 4) is 0 Å². The van der Waals surface area contributed by atoms with Gasteiger partial charge in [0.1, 0.15) is 5.15 Å². The number of hydrogen-bond donors (Lipinski definition) is 2. The zero-order chi connectivity index (χ0) is 16.2. The largest absolute Gasteiger partial charge is 0.349 e. The molecule has 2 heterocycles. The van der Waals surface area contributed by atoms with Crippen LogP contribution in [0.15, 0.2) is 48.7 Å². The Balaban J connectivity index is 1.69. The van der Waals surface area contributed by atoms with Crippen molar-refractivity contribution in [2.24, 2.45) is 5.92 Å². The van der Waals surface area contributed by atoms with Crippen LogP contribution in [0.5, 0.6) is 0 Å². The summed E-state index contributed by atoms with van der Waals surface area (Å²) in [6.07, 6.45) is 1.76. The zero-order valence-corrected chi connectivity index (χ0v) is 13.8. The molecule has 0 saturated carbocycles. The molecule has 2 N–H and O–H groups in total. The molecule has 23 heavy (non-hydrogen) atoms. The molecule has 3 unspecified atom stereocenters. The first-order valence-electron chi connectivity index (χ1n) is 7.82. The minimum atomic E-state index is -0.0934. The molecular weight excluding hydrogens is 310 g/mol. The third kappa shape index (κ3) is 3.71. The summed E-state index contributed by atoms with van der Waals surface area (Å²) in [5.74, 6) is 0.109. The lowest BCUT2D eigenvalue weighted by molar-refractivity contribution is -0.125. The third-order valence-corrected chi connectivity index (χ3v) is 4.61. The fourth-order valence-corrected chi connectivity index (χ4v) is 3.17. The molecule has 1 amide bonds. The van der Waals surface area contributed by atoms with Gasteiger partial charge >= 0.3 is 0 Å². The van der Waals surface area contributed by atoms with Gasteiger partial charge in [-0.3, -0.25) is 4.79 Å². The second kappa shape index (κ2) is 7.11. The predicted octanol–water partition coefficient (Wildman–Crippen LogP) is 2.92. The lowest BCUT2D eigenvalue weighted by atomic mass is 9.89. The minimum absolute atomic E-state index is 0.00621. The van der Waals surface area contributed by atoms with Crippen LogP contribution in [0, 0.1) is 5.92 Å². The molecule has 1 aromatic carbocycles. The molecule has 3 atom stereocenters. The van der Waals surface area contributed by atoms with E-state index in [0.717, 1.165) is 17.7 Å². The molecule has 1 saturated heterocycles. The van der Waals surface area contributed by atoms with Crippen LogP contribution in [-0.4, -0.2) is 24.0 Å². The summed E-state index contributed by atoms with van der Waals surface area (Å²) in [7, 11) is 0. The Labute approximate surface area is 141 Å². The van der Waals surface area contributed by atoms with Crippen LogP contribution >= 0.6 is 11.6 Å². The molecule has 2 aromatic rings. The summed E-state index contributed by atoms with van der Waals surface area (Å²) in [5, 5.41) is 6.90. The third-order valence-electron chi connectivity index (χ3n) is 4.39. The Kier molecular flexibility index (Phi) is 4.94. The number of carbonyl (C=O) groups excluding carboxylic acids is 1. The Bertz CT molecular complexity index is 660. The second-order valence-corrected chi connectivity index (χ2v) is 6.31. The molecule has 0 aliphatic carbocycles. The highest BCUT2D eigenvalue weighted by molar-refractivity contribution is 6.29. The average molecular weight is 330 g/mol. The molecule has 1 aliphatic rings. The van der Waals surface area contributed by atoms with Gasteiger partial charge in [0.15, 0.2) is 0 Å². The number of benzene rings is 1. The lowest BCUT2D eigenvalue weighted by Crippen LogP contribution is -2.36. The molecular formula is C18H20ClN3O. The SMILES string of the molecule is CC(NC(=O)C1CNCC1c1ccc(Cl)nc1)c1ccccc1. The molecule has 5 heteroatoms. The monoisotopic (exact) mass is 329 g/mol. The van der Waals surface area contributed by atoms with Gasteiger partial charge in [-0.1, -0.05) is 48.0 Å². The first kappa shape index (κ1) is 16.0. The van der Waals surface area contributed by atoms with Crippen molar-refractivity contribution in [3.05, 3.63) is 64.9 Å². The number of amides is 1. The van der Waals surface area contributed by atoms with Crippen LogP contribution in [0.3, 0.4) is 0 Å². The van der Waals surface area contributed by atoms with Crippen molar-refractivity contribution < 1.29 is 4.79 Å². The molecule has 120 valence electrons. The molecule has 4 nitrogen and oxygen atoms in total. The molecule has 1 fully saturated rings. The highest BCUT2D eigenvalue weighted by Gasteiger charge is 2.34. The van der Waals surface area contributed by atoms with Crippen LogP contribution in [-0.2, 0) is 4.79 Å². The topological polar surface area (TPSA) is 54.0 Å². The van der Waals surface area contributed by atoms with Crippen molar-refractivity contribution in [1.29, 1.82) is 0 Å². The van der Waals surface area contributed by atoms with Crippen molar-refractivity contribution in [2.45, 2.75) is 18.9 Å². The summed E-state index contributed by atoms with van der Waals surface area (Å²) in [6.45, 7) is 3.47. The van der Waals surface area contributed by atoms with Crippen molar-refractivity contribution in [3.63, 3.8) is 0 Å². The normalized spacial score (nSPS) is 21.8. The minimum Gasteiger partial charge on any atom is -0.349 e. The number of aromatic nitrogens is 1. The molecule has 0 spiro atoms. The molecule has 1 aromatic heterocycles. The lowest BCUT2D eigenvalue weighted by Gasteiger charge is -2.21. The Morgan fingerprint density at radius 3 is 2.74 bits per heavy atom. The second-order valence-electron chi connectivity index (χ2n) is 5.93. The van der Waals surface area contributed by atoms with E-state index in [1.165, 1.54) is 0 Å². The van der Waals surface area contributed by atoms with Gasteiger partial charge in [0, 0.05) is 25.2 Å². The number of nitrogens with one attached hydrogen (secondary N) is 2. The standard InChI is InChI=1S/C18H20ClN3O/c1-12(13-5-3-2-4-6-13)22-18(23)16-11-20-10-15(16)14-7-8-17(19)21-9-14/h2-9,12,15-16,20H,10-11H2,1H3,(H,22,23). The van der Waals surface area contributed by atoms with E-state index in [9.17, 15) is 4.79 Å². The Hall–Kier alpha value is -1.91. The first-order chi connectivity index (χ1) is 11.1. The van der Waals surface area contributed by atoms with Crippen LogP contribution in [0.4, 0.5) is 0 Å². The van der Waals surface area contributed by atoms with E-state index in [0.29, 0.717) is 11.7 Å². The van der Waals surface area contributed by atoms with Crippen LogP contribution in [0.2, 0.25) is 5.15 Å². The van der Waals surface area contributed by atoms with Gasteiger partial charge in [-0.2, -0.15) is 0 Å². The average Bonchev–Trinajstić information content (AvgIpc) is 3.06. The van der Waals surface area contributed by atoms with Gasteiger partial charge in [-0.15, -0.1) is 0 Å². The van der Waals surface area contributed by atoms with E-state index in [2.05, 4.69) is 15.6 Å². The van der Waals surface area contributed by atoms with Crippen molar-refractivity contribution in [2.75, 3.05) is 13.1 Å². The fourth-order valence-electron chi connectivity index (χ4n) is 3.06. The highest BCUT2D eigenvalue weighted by atomic mass is 35.5. The summed E-state index contributed by atoms with van der Waals surface area (Å²) < 4.78 is 0. The number of pyridine rings is 1. The number of carbonyl (C=O) groups is 1. The summed E-state index contributed by atoms with van der Waals surface area (Å²) >= 11 is 5.85. The smallest absolute Gasteiger partial charge is 0.225 e. The fraction of sp³-hybridized carbons (Fsp3) is 0.333. The van der Waals surface area contributed by atoms with E-state index in [-0.39, 0.29) is 23.8 Å². The number of rotatable bonds is 4. The van der Waals surface area contributed by atoms with E-state index in [4.69, 9.17) is 11.6 Å². The maximum Gasteiger partial charge on any atom is 0.225 e. The summed E-state index contributed by atoms with van der Waals surface area (Å²) in [5.41, 5.74) is 2.16. The predicted molar refractivity (Wildman–Crippen MR) is 91.3 cm³/mol. The quantitative estimate of drug-likeness (QED) is 0.848. The summed E-state index contributed by atoms with van der Waals surface area (Å²) in [4.78, 5) is 16.8. The Morgan fingerprint density at radius 2 is 2.04 bits per heavy atom. The number of hydrogen-bond acceptors (Lipinski definition) is 3. The maximum absolute atomic E-state index is 12.7. The molecule has 1 aliphatic heterocycles. The van der Waals surface area contributed by atoms with Crippen LogP contribution < -0.4 is 10.6 Å². The van der Waals surface area contributed by atoms with Crippen LogP contribution in [0.25, 0.3) is 0 Å². The number of nitrogens with zero attached hydrogens (tertiary/aromatic N) is 1. The summed E-state index contributed by atoms with van der Waals surface area (Å²) in [6, 6.07) is 13.7. The maximum atomic E-state index is 12.7. The molecule has 3 rings (SSSR count). The van der Waals surface area contributed by atoms with Gasteiger partial charge in [0.25, 0.3) is 0 Å². The molecule has 0 radical (unpaired) electrons. The van der Waals surface area contributed by atoms with Gasteiger partial charge in [0.05, 0.1) is 12.0 Å². The van der Waals surface area contributed by atoms with E-state index in [1.54, 1.807) is 12.3 Å². The van der Waals surface area contributed by atoms with E-state index in [1.807, 2.05) is 43.3 Å². The first-order valence-corrected chi connectivity index (χ1v) is 8.20. The zero-order valence-electron chi connectivity index (χ0n) is 13.0. The van der Waals surface area contributed by atoms with E-state index < -0.39 is 0 Å². The van der Waals surface area contributed by atoms with Gasteiger partial charge < -0.3 is 10.6 Å². The van der Waals surface area contributed by atoms with Crippen molar-refractivity contribution >= 4 is 17.5 Å². The highest BCUT2D eigenvalue weighted by Crippen LogP contribution is 2.29. The van der Waals surface area contributed by atoms with Gasteiger partial charge in [-0.05, 0) is 24.1 Å². The van der Waals surface area contributed by atoms with Crippen molar-refractivity contribution in [1.82, 2.24) is 15.6 Å². The Morgan fingerprint density at radius 1 is 1.26 bits per heavy atom.